The van der Waals surface area contributed by atoms with E-state index in [-0.39, 0.29) is 24.0 Å². The molecule has 2 N–H and O–H groups in total. The topological polar surface area (TPSA) is 113 Å². The maximum atomic E-state index is 13.0. The highest BCUT2D eigenvalue weighted by Crippen LogP contribution is 2.32. The van der Waals surface area contributed by atoms with Crippen molar-refractivity contribution in [3.63, 3.8) is 0 Å². The molecule has 0 radical (unpaired) electrons. The summed E-state index contributed by atoms with van der Waals surface area (Å²) >= 11 is 0. The highest BCUT2D eigenvalue weighted by Gasteiger charge is 2.45. The molecule has 1 aromatic heterocycles. The Morgan fingerprint density at radius 1 is 1.23 bits per heavy atom. The number of fused-ring (bicyclic) bond motifs is 1. The van der Waals surface area contributed by atoms with Crippen molar-refractivity contribution in [2.75, 3.05) is 11.9 Å². The van der Waals surface area contributed by atoms with Crippen LogP contribution in [0.4, 0.5) is 5.69 Å². The smallest absolute Gasteiger partial charge is 0.264 e. The Bertz CT molecular complexity index is 1100. The molecule has 9 nitrogen and oxygen atoms in total. The van der Waals surface area contributed by atoms with Crippen molar-refractivity contribution < 1.29 is 19.2 Å². The first-order valence-corrected chi connectivity index (χ1v) is 9.57. The molecule has 0 bridgehead atoms. The average Bonchev–Trinajstić information content (AvgIpc) is 3.29. The summed E-state index contributed by atoms with van der Waals surface area (Å²) in [6, 6.07) is 4.00. The van der Waals surface area contributed by atoms with Crippen LogP contribution in [0, 0.1) is 12.3 Å². The number of imide groups is 2. The van der Waals surface area contributed by atoms with Crippen molar-refractivity contribution in [3.05, 3.63) is 47.3 Å². The summed E-state index contributed by atoms with van der Waals surface area (Å²) in [5.74, 6) is 0.441. The van der Waals surface area contributed by atoms with Gasteiger partial charge in [-0.3, -0.25) is 34.1 Å². The predicted molar refractivity (Wildman–Crippen MR) is 106 cm³/mol. The van der Waals surface area contributed by atoms with Gasteiger partial charge in [0, 0.05) is 31.4 Å². The van der Waals surface area contributed by atoms with Crippen LogP contribution in [0.5, 0.6) is 0 Å². The Morgan fingerprint density at radius 2 is 2.07 bits per heavy atom. The number of rotatable bonds is 6. The molecule has 3 heterocycles. The molecule has 2 aliphatic rings. The van der Waals surface area contributed by atoms with Crippen LogP contribution < -0.4 is 10.6 Å². The van der Waals surface area contributed by atoms with E-state index in [0.29, 0.717) is 30.8 Å². The number of piperidine rings is 1. The molecule has 2 aliphatic heterocycles. The molecule has 0 saturated carbocycles. The van der Waals surface area contributed by atoms with Crippen molar-refractivity contribution >= 4 is 29.3 Å². The summed E-state index contributed by atoms with van der Waals surface area (Å²) < 4.78 is 1.74. The van der Waals surface area contributed by atoms with E-state index in [2.05, 4.69) is 21.7 Å². The molecule has 4 rings (SSSR count). The van der Waals surface area contributed by atoms with Crippen LogP contribution in [0.15, 0.2) is 30.6 Å². The molecule has 9 heteroatoms. The minimum atomic E-state index is -0.979. The number of aromatic nitrogens is 2. The number of carbonyl (C=O) groups is 4. The van der Waals surface area contributed by atoms with E-state index in [0.717, 1.165) is 4.90 Å². The molecule has 0 aliphatic carbocycles. The molecule has 30 heavy (non-hydrogen) atoms. The molecule has 1 unspecified atom stereocenters. The molecule has 152 valence electrons. The fourth-order valence-corrected chi connectivity index (χ4v) is 3.69. The molecule has 1 aromatic carbocycles. The van der Waals surface area contributed by atoms with Crippen LogP contribution in [0.2, 0.25) is 0 Å². The van der Waals surface area contributed by atoms with Gasteiger partial charge in [-0.15, -0.1) is 6.42 Å². The number of carbonyl (C=O) groups excluding carboxylic acids is 4. The Kier molecular flexibility index (Phi) is 5.06. The van der Waals surface area contributed by atoms with Gasteiger partial charge in [0.05, 0.1) is 22.9 Å². The van der Waals surface area contributed by atoms with E-state index >= 15 is 0 Å². The van der Waals surface area contributed by atoms with Gasteiger partial charge in [-0.2, -0.15) is 5.10 Å². The van der Waals surface area contributed by atoms with Crippen molar-refractivity contribution in [2.24, 2.45) is 0 Å². The SMILES string of the molecule is C#Cc1cnn(CCCNc2cccc3c2C(=O)N(C2CCC(=O)NC2=O)C3=O)c1. The highest BCUT2D eigenvalue weighted by molar-refractivity contribution is 6.25. The van der Waals surface area contributed by atoms with Gasteiger partial charge >= 0.3 is 0 Å². The molecular formula is C21H19N5O4. The lowest BCUT2D eigenvalue weighted by Gasteiger charge is -2.27. The molecular weight excluding hydrogens is 386 g/mol. The summed E-state index contributed by atoms with van der Waals surface area (Å²) in [5, 5.41) is 9.55. The van der Waals surface area contributed by atoms with Crippen molar-refractivity contribution in [3.8, 4) is 12.3 Å². The standard InChI is InChI=1S/C21H19N5O4/c1-2-13-11-23-25(12-13)10-4-9-22-15-6-3-5-14-18(15)21(30)26(20(14)29)16-7-8-17(27)24-19(16)28/h1,3,5-6,11-12,16,22H,4,7-10H2,(H,24,27,28). The third kappa shape index (κ3) is 3.43. The molecule has 1 atom stereocenters. The first-order valence-electron chi connectivity index (χ1n) is 9.57. The van der Waals surface area contributed by atoms with Gasteiger partial charge in [-0.05, 0) is 25.0 Å². The molecule has 0 spiro atoms. The number of benzene rings is 1. The zero-order chi connectivity index (χ0) is 21.3. The van der Waals surface area contributed by atoms with Crippen LogP contribution in [0.25, 0.3) is 0 Å². The monoisotopic (exact) mass is 405 g/mol. The molecule has 1 saturated heterocycles. The fraction of sp³-hybridized carbons (Fsp3) is 0.286. The Hall–Kier alpha value is -3.93. The maximum Gasteiger partial charge on any atom is 0.264 e. The number of anilines is 1. The molecule has 1 fully saturated rings. The van der Waals surface area contributed by atoms with E-state index in [1.54, 1.807) is 35.3 Å². The van der Waals surface area contributed by atoms with E-state index < -0.39 is 29.7 Å². The van der Waals surface area contributed by atoms with Gasteiger partial charge < -0.3 is 5.32 Å². The number of terminal acetylenes is 1. The van der Waals surface area contributed by atoms with Gasteiger partial charge in [0.25, 0.3) is 11.8 Å². The quantitative estimate of drug-likeness (QED) is 0.417. The van der Waals surface area contributed by atoms with Gasteiger partial charge in [-0.1, -0.05) is 12.0 Å². The Morgan fingerprint density at radius 3 is 2.80 bits per heavy atom. The summed E-state index contributed by atoms with van der Waals surface area (Å²) in [5.41, 5.74) is 1.74. The Balaban J connectivity index is 1.45. The average molecular weight is 405 g/mol. The van der Waals surface area contributed by atoms with E-state index in [4.69, 9.17) is 6.42 Å². The zero-order valence-electron chi connectivity index (χ0n) is 16.1. The number of aryl methyl sites for hydroxylation is 1. The third-order valence-corrected chi connectivity index (χ3v) is 5.15. The number of nitrogens with zero attached hydrogens (tertiary/aromatic N) is 3. The second-order valence-corrected chi connectivity index (χ2v) is 7.09. The van der Waals surface area contributed by atoms with Crippen LogP contribution in [-0.2, 0) is 16.1 Å². The minimum absolute atomic E-state index is 0.0870. The number of hydrogen-bond donors (Lipinski definition) is 2. The second-order valence-electron chi connectivity index (χ2n) is 7.09. The third-order valence-electron chi connectivity index (χ3n) is 5.15. The lowest BCUT2D eigenvalue weighted by molar-refractivity contribution is -0.136. The molecule has 4 amide bonds. The summed E-state index contributed by atoms with van der Waals surface area (Å²) in [4.78, 5) is 50.4. The predicted octanol–water partition coefficient (Wildman–Crippen LogP) is 0.768. The molecule has 2 aromatic rings. The van der Waals surface area contributed by atoms with E-state index in [1.165, 1.54) is 0 Å². The summed E-state index contributed by atoms with van der Waals surface area (Å²) in [6.45, 7) is 1.18. The van der Waals surface area contributed by atoms with Crippen molar-refractivity contribution in [1.82, 2.24) is 20.0 Å². The number of nitrogens with one attached hydrogen (secondary N) is 2. The minimum Gasteiger partial charge on any atom is -0.384 e. The summed E-state index contributed by atoms with van der Waals surface area (Å²) in [6.07, 6.45) is 9.66. The van der Waals surface area contributed by atoms with E-state index in [1.807, 2.05) is 0 Å². The van der Waals surface area contributed by atoms with Crippen LogP contribution in [0.3, 0.4) is 0 Å². The first kappa shape index (κ1) is 19.4. The largest absolute Gasteiger partial charge is 0.384 e. The van der Waals surface area contributed by atoms with Gasteiger partial charge in [0.15, 0.2) is 0 Å². The van der Waals surface area contributed by atoms with Gasteiger partial charge in [0.1, 0.15) is 6.04 Å². The first-order chi connectivity index (χ1) is 14.5. The normalized spacial score (nSPS) is 18.2. The van der Waals surface area contributed by atoms with Crippen LogP contribution >= 0.6 is 0 Å². The number of hydrogen-bond acceptors (Lipinski definition) is 6. The number of amides is 4. The second kappa shape index (κ2) is 7.83. The van der Waals surface area contributed by atoms with Crippen LogP contribution in [-0.4, -0.2) is 50.9 Å². The summed E-state index contributed by atoms with van der Waals surface area (Å²) in [7, 11) is 0. The lowest BCUT2D eigenvalue weighted by atomic mass is 10.0. The Labute approximate surface area is 172 Å². The van der Waals surface area contributed by atoms with Crippen molar-refractivity contribution in [1.29, 1.82) is 0 Å². The highest BCUT2D eigenvalue weighted by atomic mass is 16.2. The van der Waals surface area contributed by atoms with Gasteiger partial charge in [-0.25, -0.2) is 0 Å². The van der Waals surface area contributed by atoms with Crippen molar-refractivity contribution in [2.45, 2.75) is 31.8 Å². The van der Waals surface area contributed by atoms with Gasteiger partial charge in [0.2, 0.25) is 11.8 Å². The zero-order valence-corrected chi connectivity index (χ0v) is 16.1. The fourth-order valence-electron chi connectivity index (χ4n) is 3.69. The van der Waals surface area contributed by atoms with E-state index in [9.17, 15) is 19.2 Å². The lowest BCUT2D eigenvalue weighted by Crippen LogP contribution is -2.54. The van der Waals surface area contributed by atoms with Crippen LogP contribution in [0.1, 0.15) is 45.5 Å². The maximum absolute atomic E-state index is 13.0.